The third-order valence-corrected chi connectivity index (χ3v) is 25.5. The maximum atomic E-state index is 13.3. The summed E-state index contributed by atoms with van der Waals surface area (Å²) in [5.41, 5.74) is 18.1. The van der Waals surface area contributed by atoms with Gasteiger partial charge in [0, 0.05) is 108 Å². The quantitative estimate of drug-likeness (QED) is 0.0808. The van der Waals surface area contributed by atoms with Crippen molar-refractivity contribution >= 4 is 70.5 Å². The number of anilines is 2. The van der Waals surface area contributed by atoms with Crippen molar-refractivity contribution in [2.24, 2.45) is 23.5 Å². The molecule has 0 aliphatic heterocycles. The van der Waals surface area contributed by atoms with Crippen LogP contribution in [0.25, 0.3) is 0 Å². The van der Waals surface area contributed by atoms with Crippen LogP contribution >= 0.6 is 11.6 Å². The van der Waals surface area contributed by atoms with E-state index in [0.717, 1.165) is 123 Å². The van der Waals surface area contributed by atoms with Crippen molar-refractivity contribution in [3.05, 3.63) is 255 Å². The minimum Gasteiger partial charge on any atom is -0.445 e. The van der Waals surface area contributed by atoms with Gasteiger partial charge in [0.05, 0.1) is 22.5 Å². The molecule has 7 amide bonds. The van der Waals surface area contributed by atoms with E-state index in [9.17, 15) is 38.4 Å². The summed E-state index contributed by atoms with van der Waals surface area (Å²) < 4.78 is 28.0. The lowest BCUT2D eigenvalue weighted by Crippen LogP contribution is -2.57. The largest absolute Gasteiger partial charge is 0.445 e. The van der Waals surface area contributed by atoms with E-state index >= 15 is 0 Å². The molecule has 14 rings (SSSR count). The average Bonchev–Trinajstić information content (AvgIpc) is 0.747. The number of carbonyl (C=O) groups is 8. The summed E-state index contributed by atoms with van der Waals surface area (Å²) in [5, 5.41) is 6.46. The fourth-order valence-electron chi connectivity index (χ4n) is 18.8. The number of ether oxygens (including phenoxy) is 5. The Kier molecular flexibility index (Phi) is 30.5. The Balaban J connectivity index is 0.000000166. The van der Waals surface area contributed by atoms with Gasteiger partial charge in [-0.25, -0.2) is 24.0 Å². The number of aryl methyl sites for hydroxylation is 1. The van der Waals surface area contributed by atoms with E-state index in [2.05, 4.69) is 50.5 Å². The van der Waals surface area contributed by atoms with E-state index in [4.69, 9.17) is 41.0 Å². The number of halogens is 1. The van der Waals surface area contributed by atoms with E-state index < -0.39 is 29.8 Å². The lowest BCUT2D eigenvalue weighted by atomic mass is 9.59. The molecule has 9 atom stereocenters. The second-order valence-corrected chi connectivity index (χ2v) is 34.4. The Bertz CT molecular complexity index is 4930. The van der Waals surface area contributed by atoms with Crippen LogP contribution < -0.4 is 40.4 Å². The molecule has 22 heteroatoms. The molecule has 636 valence electrons. The summed E-state index contributed by atoms with van der Waals surface area (Å²) in [6.07, 6.45) is 18.3. The van der Waals surface area contributed by atoms with Crippen molar-refractivity contribution in [3.8, 4) is 17.2 Å². The number of alkyl carbamates (subject to hydrolysis) is 2. The van der Waals surface area contributed by atoms with Crippen LogP contribution in [0.3, 0.4) is 0 Å². The van der Waals surface area contributed by atoms with Gasteiger partial charge < -0.3 is 54.8 Å². The second-order valence-electron chi connectivity index (χ2n) is 34.1. The molecule has 8 aromatic carbocycles. The first-order valence-corrected chi connectivity index (χ1v) is 42.7. The monoisotopic (exact) mass is 1650 g/mol. The predicted octanol–water partition coefficient (Wildman–Crippen LogP) is 19.5. The number of hydrogen-bond acceptors (Lipinski definition) is 14. The van der Waals surface area contributed by atoms with Crippen LogP contribution in [0.4, 0.5) is 35.3 Å². The molecule has 120 heavy (non-hydrogen) atoms. The molecule has 3 fully saturated rings. The zero-order chi connectivity index (χ0) is 86.0. The van der Waals surface area contributed by atoms with Crippen molar-refractivity contribution in [2.45, 2.75) is 197 Å². The van der Waals surface area contributed by atoms with E-state index in [0.29, 0.717) is 51.6 Å². The molecular weight excluding hydrogens is 1530 g/mol. The van der Waals surface area contributed by atoms with Crippen molar-refractivity contribution < 1.29 is 62.0 Å². The van der Waals surface area contributed by atoms with Gasteiger partial charge in [-0.15, -0.1) is 0 Å². The van der Waals surface area contributed by atoms with Crippen molar-refractivity contribution in [2.75, 3.05) is 66.2 Å². The minimum atomic E-state index is -0.851. The number of para-hydroxylation sites is 2. The summed E-state index contributed by atoms with van der Waals surface area (Å²) in [6.45, 7) is 9.21. The Morgan fingerprint density at radius 3 is 1.15 bits per heavy atom. The molecule has 6 aliphatic carbocycles. The standard InChI is InChI=1S/C35H41N3O5.C27H35N3O3.C25H28ClNO4.C11H15NO/c1-35-20-12-6-9-15-26(31(35)36-33(40)42-23-24-13-7-5-8-14-24)21-25-18-19-27(22-29(25)35)43-34(41)38(4)30-17-11-10-16-28(30)32(39)37(2)3;1-27-15-9-5-6-10-19(24(27)28)16-18-13-14-20(17-22(18)27)33-26(32)30(4)23-12-8-7-11-21(23)25(31)29(2)3;1-25-13-7-3-6-10-19(14-18-11-12-20(15-21(18)25)31-23(26)28)22(25)27-24(29)30-16-17-8-4-2-5-9-17;1-4-9-7-5-6-8-10(9)11(13)12(2)3/h5,7-8,10-11,13-14,16-19,22,26,31H,6,9,12,15,20-21,23H2,1-4H3,(H,36,40);7-8,11-14,17,19,24H,5-6,9-10,15-16,28H2,1-4H3;2,4-5,8-9,11-12,15,19,22H,3,6-7,10,13-14,16H2,1H3,(H,27,29);5-8H,4H2,1-3H3/t26-,31-,35+;19-,24-,27+;19-,22-,25+;/m000./s1. The van der Waals surface area contributed by atoms with E-state index in [1.807, 2.05) is 121 Å². The number of nitrogens with two attached hydrogens (primary N) is 1. The maximum Gasteiger partial charge on any atom is 0.419 e. The van der Waals surface area contributed by atoms with Crippen molar-refractivity contribution in [1.29, 1.82) is 0 Å². The van der Waals surface area contributed by atoms with E-state index in [1.165, 1.54) is 74.0 Å². The molecule has 0 heterocycles. The first-order chi connectivity index (χ1) is 57.5. The van der Waals surface area contributed by atoms with Gasteiger partial charge in [-0.1, -0.05) is 207 Å². The highest BCUT2D eigenvalue weighted by atomic mass is 35.5. The normalized spacial score (nSPS) is 21.6. The third kappa shape index (κ3) is 21.6. The average molecular weight is 1650 g/mol. The summed E-state index contributed by atoms with van der Waals surface area (Å²) >= 11 is 5.43. The molecule has 6 aliphatic rings. The molecule has 0 unspecified atom stereocenters. The highest BCUT2D eigenvalue weighted by molar-refractivity contribution is 6.61. The van der Waals surface area contributed by atoms with Crippen LogP contribution in [0.2, 0.25) is 0 Å². The SMILES string of the molecule is CCc1ccccc1C(=O)N(C)C.CN(C)C(=O)c1ccccc1N(C)C(=O)Oc1ccc2c(c1)[C@@]1(C)CCCCC[C@@H](C2)[C@@H]1N.CN(C)C(=O)c1ccccc1N(C)C(=O)Oc1ccc2c(c1)[C@@]1(C)CCCCC[C@@H](C2)[C@@H]1NC(=O)OCc1ccccc1.C[C@@]12CCCCC[C@@H](Cc3ccc(OC(=O)Cl)cc31)[C@@H]2NC(=O)OCc1ccccc1. The number of hydrogen-bond donors (Lipinski definition) is 3. The molecule has 21 nitrogen and oxygen atoms in total. The minimum absolute atomic E-state index is 0.0504. The fraction of sp³-hybridized carbons (Fsp3) is 0.429. The van der Waals surface area contributed by atoms with Crippen molar-refractivity contribution in [1.82, 2.24) is 25.3 Å². The van der Waals surface area contributed by atoms with Gasteiger partial charge in [-0.05, 0) is 199 Å². The number of nitrogens with one attached hydrogen (secondary N) is 2. The first kappa shape index (κ1) is 89.8. The topological polar surface area (TPSA) is 249 Å². The number of nitrogens with zero attached hydrogens (tertiary/aromatic N) is 5. The van der Waals surface area contributed by atoms with Crippen LogP contribution in [0.1, 0.15) is 205 Å². The molecule has 3 saturated carbocycles. The van der Waals surface area contributed by atoms with E-state index in [1.54, 1.807) is 116 Å². The van der Waals surface area contributed by atoms with Gasteiger partial charge in [0.25, 0.3) is 17.7 Å². The Morgan fingerprint density at radius 2 is 0.750 bits per heavy atom. The van der Waals surface area contributed by atoms with Crippen LogP contribution in [-0.4, -0.2) is 137 Å². The lowest BCUT2D eigenvalue weighted by Gasteiger charge is -2.49. The first-order valence-electron chi connectivity index (χ1n) is 42.3. The summed E-state index contributed by atoms with van der Waals surface area (Å²) in [7, 11) is 13.5. The van der Waals surface area contributed by atoms with Gasteiger partial charge >= 0.3 is 29.8 Å². The van der Waals surface area contributed by atoms with Crippen LogP contribution in [0.5, 0.6) is 17.2 Å². The highest BCUT2D eigenvalue weighted by Crippen LogP contribution is 2.51. The Labute approximate surface area is 712 Å². The smallest absolute Gasteiger partial charge is 0.419 e. The molecule has 4 N–H and O–H groups in total. The zero-order valence-corrected chi connectivity index (χ0v) is 72.5. The molecule has 0 saturated heterocycles. The number of fused-ring (bicyclic) bond motifs is 12. The number of rotatable bonds is 15. The second kappa shape index (κ2) is 40.8. The molecular formula is C98H119ClN8O13. The predicted molar refractivity (Wildman–Crippen MR) is 471 cm³/mol. The molecule has 6 bridgehead atoms. The van der Waals surface area contributed by atoms with Gasteiger partial charge in [0.15, 0.2) is 0 Å². The van der Waals surface area contributed by atoms with Crippen LogP contribution in [0.15, 0.2) is 188 Å². The molecule has 0 aromatic heterocycles. The van der Waals surface area contributed by atoms with Crippen LogP contribution in [0, 0.1) is 17.8 Å². The van der Waals surface area contributed by atoms with Gasteiger partial charge in [0.2, 0.25) is 0 Å². The number of amides is 7. The highest BCUT2D eigenvalue weighted by Gasteiger charge is 2.50. The molecule has 0 radical (unpaired) electrons. The number of benzene rings is 8. The maximum absolute atomic E-state index is 13.3. The van der Waals surface area contributed by atoms with Gasteiger partial charge in [-0.3, -0.25) is 24.2 Å². The summed E-state index contributed by atoms with van der Waals surface area (Å²) in [5.74, 6) is 2.22. The van der Waals surface area contributed by atoms with Crippen molar-refractivity contribution in [3.63, 3.8) is 0 Å². The lowest BCUT2D eigenvalue weighted by molar-refractivity contribution is 0.0820. The molecule has 8 aromatic rings. The zero-order valence-electron chi connectivity index (χ0n) is 71.7. The Hall–Kier alpha value is -11.0. The van der Waals surface area contributed by atoms with E-state index in [-0.39, 0.29) is 71.2 Å². The summed E-state index contributed by atoms with van der Waals surface area (Å²) in [4.78, 5) is 108. The van der Waals surface area contributed by atoms with Gasteiger partial charge in [-0.2, -0.15) is 0 Å². The summed E-state index contributed by atoms with van der Waals surface area (Å²) in [6, 6.07) is 58.7. The van der Waals surface area contributed by atoms with Gasteiger partial charge in [0.1, 0.15) is 30.5 Å². The number of carbonyl (C=O) groups excluding carboxylic acids is 8. The van der Waals surface area contributed by atoms with Crippen LogP contribution in [-0.2, 0) is 64.6 Å². The molecule has 0 spiro atoms. The Morgan fingerprint density at radius 1 is 0.408 bits per heavy atom. The fourth-order valence-corrected chi connectivity index (χ4v) is 18.9. The third-order valence-electron chi connectivity index (χ3n) is 25.4.